The van der Waals surface area contributed by atoms with Crippen LogP contribution in [0.25, 0.3) is 93.1 Å². The van der Waals surface area contributed by atoms with Crippen molar-refractivity contribution in [1.29, 1.82) is 0 Å². The number of halogens is 6. The summed E-state index contributed by atoms with van der Waals surface area (Å²) in [4.78, 5) is 8.56. The van der Waals surface area contributed by atoms with Gasteiger partial charge in [0.1, 0.15) is 41.8 Å². The zero-order chi connectivity index (χ0) is 58.1. The molecule has 2 aromatic carbocycles. The number of benzene rings is 2. The summed E-state index contributed by atoms with van der Waals surface area (Å²) in [5.41, 5.74) is 1.40. The number of rotatable bonds is 28. The van der Waals surface area contributed by atoms with Gasteiger partial charge in [-0.05, 0) is 109 Å². The maximum atomic E-state index is 17.5. The van der Waals surface area contributed by atoms with Crippen LogP contribution in [-0.2, 0) is 12.8 Å². The summed E-state index contributed by atoms with van der Waals surface area (Å²) in [5, 5.41) is 2.41. The average molecular weight is 1290 g/mol. The van der Waals surface area contributed by atoms with Crippen molar-refractivity contribution in [2.45, 2.75) is 169 Å². The van der Waals surface area contributed by atoms with Gasteiger partial charge in [-0.25, -0.2) is 26.3 Å². The maximum absolute atomic E-state index is 17.5. The standard InChI is InChI=1S/C64H68F6N4S8Si/c1-7-13-17-19-23-39-37(65)29-45(75-39)41-25-27-43(77-41)51-55(67)57(69)53(61-59(51)71-81-73-61)47-31-49-63(79-47)64-50(83(49,33-35(11-5)21-15-9-3)34-36(12-6)22-16-10-4)32-48(80-64)54-58(70)56(68)52(60-62(54)74-82-72-60)44-28-26-42(78-44)46-30-38(66)40(76-46)24-20-18-14-8-2/h25-32,35-36H,7-24,33-34H2,1-6H3. The first kappa shape index (κ1) is 60.8. The predicted molar refractivity (Wildman–Crippen MR) is 350 cm³/mol. The van der Waals surface area contributed by atoms with E-state index in [1.807, 2.05) is 12.1 Å². The minimum atomic E-state index is -2.87. The molecule has 0 fully saturated rings. The first-order valence-corrected chi connectivity index (χ1v) is 38.5. The fourth-order valence-electron chi connectivity index (χ4n) is 12.4. The second-order valence-corrected chi connectivity index (χ2v) is 34.1. The molecule has 0 N–H and O–H groups in total. The van der Waals surface area contributed by atoms with E-state index in [0.717, 1.165) is 168 Å². The first-order chi connectivity index (χ1) is 40.4. The molecule has 19 heteroatoms. The van der Waals surface area contributed by atoms with Crippen molar-refractivity contribution in [2.24, 2.45) is 11.8 Å². The Morgan fingerprint density at radius 3 is 1.11 bits per heavy atom. The van der Waals surface area contributed by atoms with Gasteiger partial charge in [0.15, 0.2) is 23.3 Å². The van der Waals surface area contributed by atoms with Crippen LogP contribution in [0.5, 0.6) is 0 Å². The molecule has 4 nitrogen and oxygen atoms in total. The van der Waals surface area contributed by atoms with Crippen molar-refractivity contribution < 1.29 is 26.3 Å². The molecule has 0 radical (unpaired) electrons. The molecule has 8 aromatic heterocycles. The number of nitrogens with zero attached hydrogens (tertiary/aromatic N) is 4. The number of aryl methyl sites for hydroxylation is 2. The third-order valence-corrected chi connectivity index (χ3v) is 31.2. The van der Waals surface area contributed by atoms with Crippen LogP contribution in [0.1, 0.15) is 154 Å². The Bertz CT molecular complexity index is 3640. The van der Waals surface area contributed by atoms with E-state index in [2.05, 4.69) is 62.4 Å². The third kappa shape index (κ3) is 11.8. The molecule has 9 heterocycles. The number of unbranched alkanes of at least 4 members (excludes halogenated alkanes) is 8. The van der Waals surface area contributed by atoms with Crippen LogP contribution in [0, 0.1) is 46.7 Å². The van der Waals surface area contributed by atoms with Gasteiger partial charge in [-0.15, -0.1) is 68.0 Å². The molecule has 83 heavy (non-hydrogen) atoms. The van der Waals surface area contributed by atoms with Crippen LogP contribution in [0.15, 0.2) is 48.5 Å². The molecule has 438 valence electrons. The van der Waals surface area contributed by atoms with Gasteiger partial charge in [-0.2, -0.15) is 17.5 Å². The van der Waals surface area contributed by atoms with Crippen LogP contribution in [0.3, 0.4) is 0 Å². The van der Waals surface area contributed by atoms with E-state index in [4.69, 9.17) is 8.75 Å². The van der Waals surface area contributed by atoms with E-state index in [1.54, 1.807) is 24.3 Å². The van der Waals surface area contributed by atoms with E-state index in [9.17, 15) is 0 Å². The Morgan fingerprint density at radius 1 is 0.386 bits per heavy atom. The molecular weight excluding hydrogens is 1220 g/mol. The van der Waals surface area contributed by atoms with Crippen molar-refractivity contribution in [3.05, 3.63) is 93.2 Å². The van der Waals surface area contributed by atoms with Crippen molar-refractivity contribution in [3.8, 4) is 71.0 Å². The highest BCUT2D eigenvalue weighted by Crippen LogP contribution is 2.53. The Hall–Kier alpha value is -3.92. The molecule has 0 bridgehead atoms. The van der Waals surface area contributed by atoms with Crippen molar-refractivity contribution >= 4 is 132 Å². The summed E-state index contributed by atoms with van der Waals surface area (Å²) >= 11 is 10.2. The van der Waals surface area contributed by atoms with Gasteiger partial charge >= 0.3 is 0 Å². The largest absolute Gasteiger partial charge is 0.206 e. The van der Waals surface area contributed by atoms with E-state index >= 15 is 26.3 Å². The molecule has 11 rings (SSSR count). The van der Waals surface area contributed by atoms with E-state index in [0.29, 0.717) is 53.9 Å². The maximum Gasteiger partial charge on any atom is 0.170 e. The highest BCUT2D eigenvalue weighted by Gasteiger charge is 2.50. The van der Waals surface area contributed by atoms with Gasteiger partial charge in [0.05, 0.1) is 45.7 Å². The van der Waals surface area contributed by atoms with Crippen molar-refractivity contribution in [3.63, 3.8) is 0 Å². The topological polar surface area (TPSA) is 51.6 Å². The first-order valence-electron chi connectivity index (χ1n) is 29.7. The second-order valence-electron chi connectivity index (χ2n) is 22.4. The second kappa shape index (κ2) is 26.6. The molecule has 0 spiro atoms. The van der Waals surface area contributed by atoms with Crippen LogP contribution in [0.2, 0.25) is 12.1 Å². The monoisotopic (exact) mass is 1290 g/mol. The molecule has 1 aliphatic rings. The van der Waals surface area contributed by atoms with Crippen molar-refractivity contribution in [1.82, 2.24) is 17.5 Å². The lowest BCUT2D eigenvalue weighted by molar-refractivity contribution is 0.469. The summed E-state index contributed by atoms with van der Waals surface area (Å²) in [6.07, 6.45) is 18.1. The number of hydrogen-bond acceptors (Lipinski definition) is 12. The summed E-state index contributed by atoms with van der Waals surface area (Å²) < 4.78 is 119. The summed E-state index contributed by atoms with van der Waals surface area (Å²) in [7, 11) is -2.87. The quantitative estimate of drug-likeness (QED) is 0.0279. The molecule has 2 atom stereocenters. The number of thiophene rings is 6. The average Bonchev–Trinajstić information content (AvgIpc) is 1.68. The van der Waals surface area contributed by atoms with Gasteiger partial charge in [0.25, 0.3) is 0 Å². The molecule has 2 unspecified atom stereocenters. The Morgan fingerprint density at radius 2 is 0.747 bits per heavy atom. The molecule has 0 saturated carbocycles. The lowest BCUT2D eigenvalue weighted by atomic mass is 10.0. The van der Waals surface area contributed by atoms with Crippen molar-refractivity contribution in [2.75, 3.05) is 0 Å². The molecule has 0 aliphatic carbocycles. The van der Waals surface area contributed by atoms with E-state index < -0.39 is 31.3 Å². The fraction of sp³-hybridized carbons (Fsp3) is 0.438. The molecule has 1 aliphatic heterocycles. The van der Waals surface area contributed by atoms with Crippen LogP contribution >= 0.6 is 91.5 Å². The number of fused-ring (bicyclic) bond motifs is 5. The highest BCUT2D eigenvalue weighted by atomic mass is 32.1. The van der Waals surface area contributed by atoms with Gasteiger partial charge in [-0.1, -0.05) is 131 Å². The molecular formula is C64H68F6N4S8Si. The number of hydrogen-bond donors (Lipinski definition) is 0. The highest BCUT2D eigenvalue weighted by molar-refractivity contribution is 7.32. The van der Waals surface area contributed by atoms with Gasteiger partial charge in [-0.3, -0.25) is 0 Å². The lowest BCUT2D eigenvalue weighted by Gasteiger charge is -2.35. The Kier molecular flexibility index (Phi) is 19.5. The minimum Gasteiger partial charge on any atom is -0.206 e. The number of aromatic nitrogens is 4. The van der Waals surface area contributed by atoms with Gasteiger partial charge in [0, 0.05) is 58.5 Å². The van der Waals surface area contributed by atoms with Crippen LogP contribution < -0.4 is 10.4 Å². The summed E-state index contributed by atoms with van der Waals surface area (Å²) in [6, 6.07) is 16.5. The van der Waals surface area contributed by atoms with Crippen LogP contribution in [0.4, 0.5) is 26.3 Å². The summed E-state index contributed by atoms with van der Waals surface area (Å²) in [6.45, 7) is 13.3. The smallest absolute Gasteiger partial charge is 0.170 e. The lowest BCUT2D eigenvalue weighted by Crippen LogP contribution is -2.56. The van der Waals surface area contributed by atoms with Gasteiger partial charge < -0.3 is 0 Å². The van der Waals surface area contributed by atoms with Crippen LogP contribution in [-0.4, -0.2) is 25.6 Å². The van der Waals surface area contributed by atoms with E-state index in [-0.39, 0.29) is 56.0 Å². The SMILES string of the molecule is CCCCCCc1sc(-c2ccc(-c3c(F)c(F)c(-c4cc5c(s4)-c4sc(-c6c(F)c(F)c(-c7ccc(-c8cc(F)c(CCCCCC)s8)s7)c7nsnc67)cc4[Si]5(CC(CC)CCCC)CC(CC)CCCC)c4nsnc34)s2)cc1F. The summed E-state index contributed by atoms with van der Waals surface area (Å²) in [5.74, 6) is -3.67. The molecule has 0 saturated heterocycles. The molecule has 0 amide bonds. The Balaban J connectivity index is 1.02. The minimum absolute atomic E-state index is 0.0483. The zero-order valence-electron chi connectivity index (χ0n) is 47.7. The predicted octanol–water partition coefficient (Wildman–Crippen LogP) is 23.1. The molecule has 10 aromatic rings. The fourth-order valence-corrected chi connectivity index (χ4v) is 28.5. The zero-order valence-corrected chi connectivity index (χ0v) is 55.3. The normalized spacial score (nSPS) is 13.8. The van der Waals surface area contributed by atoms with Gasteiger partial charge in [0.2, 0.25) is 0 Å². The third-order valence-electron chi connectivity index (χ3n) is 17.0. The van der Waals surface area contributed by atoms with E-state index in [1.165, 1.54) is 78.4 Å². The Labute approximate surface area is 516 Å².